The fourth-order valence-corrected chi connectivity index (χ4v) is 3.39. The third-order valence-electron chi connectivity index (χ3n) is 5.08. The van der Waals surface area contributed by atoms with Crippen molar-refractivity contribution in [3.8, 4) is 0 Å². The number of hydrogen-bond donors (Lipinski definition) is 0. The Morgan fingerprint density at radius 3 is 2.92 bits per heavy atom. The van der Waals surface area contributed by atoms with Crippen molar-refractivity contribution in [2.24, 2.45) is 0 Å². The van der Waals surface area contributed by atoms with Gasteiger partial charge < -0.3 is 14.2 Å². The number of aromatic nitrogens is 3. The maximum Gasteiger partial charge on any atom is 0.291 e. The predicted octanol–water partition coefficient (Wildman–Crippen LogP) is 2.39. The first-order valence-electron chi connectivity index (χ1n) is 8.90. The summed E-state index contributed by atoms with van der Waals surface area (Å²) in [6, 6.07) is 3.97. The van der Waals surface area contributed by atoms with Crippen LogP contribution in [-0.4, -0.2) is 52.2 Å². The Hall–Kier alpha value is -2.44. The molecule has 7 heteroatoms. The Labute approximate surface area is 147 Å². The Kier molecular flexibility index (Phi) is 4.15. The molecule has 7 nitrogen and oxygen atoms in total. The number of anilines is 1. The van der Waals surface area contributed by atoms with Crippen molar-refractivity contribution < 1.29 is 9.21 Å². The number of likely N-dealkylation sites (N-methyl/N-ethyl adjacent to an activating group) is 1. The van der Waals surface area contributed by atoms with E-state index in [2.05, 4.69) is 20.1 Å². The van der Waals surface area contributed by atoms with E-state index in [1.54, 1.807) is 11.1 Å². The average Bonchev–Trinajstić information content (AvgIpc) is 3.44. The molecule has 2 aliphatic rings. The summed E-state index contributed by atoms with van der Waals surface area (Å²) in [5.74, 6) is 2.30. The smallest absolute Gasteiger partial charge is 0.291 e. The van der Waals surface area contributed by atoms with Crippen LogP contribution in [0.5, 0.6) is 0 Å². The van der Waals surface area contributed by atoms with Gasteiger partial charge in [0.15, 0.2) is 11.7 Å². The van der Waals surface area contributed by atoms with Crippen molar-refractivity contribution in [1.29, 1.82) is 0 Å². The normalized spacial score (nSPS) is 20.6. The average molecular weight is 341 g/mol. The van der Waals surface area contributed by atoms with Gasteiger partial charge in [0.05, 0.1) is 5.69 Å². The molecule has 1 atom stereocenters. The molecule has 2 fully saturated rings. The third kappa shape index (κ3) is 3.23. The fourth-order valence-electron chi connectivity index (χ4n) is 3.39. The largest absolute Gasteiger partial charge is 0.435 e. The SMILES string of the molecule is Cc1nc(C2CC2)oc1C(=O)N(C)C1CCCN(c2cccnn2)C1. The number of nitrogens with zero attached hydrogens (tertiary/aromatic N) is 5. The van der Waals surface area contributed by atoms with E-state index in [9.17, 15) is 4.79 Å². The zero-order chi connectivity index (χ0) is 17.4. The van der Waals surface area contributed by atoms with Crippen LogP contribution in [0.25, 0.3) is 0 Å². The van der Waals surface area contributed by atoms with Crippen molar-refractivity contribution >= 4 is 11.7 Å². The molecule has 132 valence electrons. The maximum atomic E-state index is 12.9. The molecule has 0 radical (unpaired) electrons. The molecule has 1 saturated heterocycles. The van der Waals surface area contributed by atoms with Crippen LogP contribution >= 0.6 is 0 Å². The molecular weight excluding hydrogens is 318 g/mol. The van der Waals surface area contributed by atoms with Crippen molar-refractivity contribution in [1.82, 2.24) is 20.1 Å². The minimum atomic E-state index is -0.0807. The van der Waals surface area contributed by atoms with Crippen molar-refractivity contribution in [2.45, 2.75) is 44.6 Å². The standard InChI is InChI=1S/C18H23N5O2/c1-12-16(25-17(20-12)13-7-8-13)18(24)22(2)14-5-4-10-23(11-14)15-6-3-9-19-21-15/h3,6,9,13-14H,4-5,7-8,10-11H2,1-2H3. The van der Waals surface area contributed by atoms with Crippen LogP contribution in [0.1, 0.15) is 53.7 Å². The number of aryl methyl sites for hydroxylation is 1. The van der Waals surface area contributed by atoms with Crippen LogP contribution in [0.15, 0.2) is 22.7 Å². The number of carbonyl (C=O) groups is 1. The number of piperidine rings is 1. The summed E-state index contributed by atoms with van der Waals surface area (Å²) in [6.45, 7) is 3.54. The van der Waals surface area contributed by atoms with Crippen molar-refractivity contribution in [2.75, 3.05) is 25.0 Å². The number of oxazole rings is 1. The van der Waals surface area contributed by atoms with Gasteiger partial charge in [-0.15, -0.1) is 5.10 Å². The van der Waals surface area contributed by atoms with Gasteiger partial charge in [0.25, 0.3) is 5.91 Å². The zero-order valence-corrected chi connectivity index (χ0v) is 14.7. The molecule has 1 amide bonds. The van der Waals surface area contributed by atoms with Crippen LogP contribution in [0.3, 0.4) is 0 Å². The van der Waals surface area contributed by atoms with E-state index in [4.69, 9.17) is 4.42 Å². The Morgan fingerprint density at radius 1 is 1.36 bits per heavy atom. The molecule has 0 spiro atoms. The molecule has 0 bridgehead atoms. The first-order chi connectivity index (χ1) is 12.1. The van der Waals surface area contributed by atoms with Gasteiger partial charge in [-0.3, -0.25) is 4.79 Å². The second-order valence-corrected chi connectivity index (χ2v) is 6.98. The Balaban J connectivity index is 1.48. The lowest BCUT2D eigenvalue weighted by atomic mass is 10.0. The summed E-state index contributed by atoms with van der Waals surface area (Å²) in [7, 11) is 1.85. The zero-order valence-electron chi connectivity index (χ0n) is 14.7. The third-order valence-corrected chi connectivity index (χ3v) is 5.08. The summed E-state index contributed by atoms with van der Waals surface area (Å²) in [5.41, 5.74) is 0.695. The summed E-state index contributed by atoms with van der Waals surface area (Å²) in [5, 5.41) is 8.14. The fraction of sp³-hybridized carbons (Fsp3) is 0.556. The first kappa shape index (κ1) is 16.1. The summed E-state index contributed by atoms with van der Waals surface area (Å²) in [6.07, 6.45) is 5.88. The summed E-state index contributed by atoms with van der Waals surface area (Å²) >= 11 is 0. The first-order valence-corrected chi connectivity index (χ1v) is 8.90. The topological polar surface area (TPSA) is 75.4 Å². The van der Waals surface area contributed by atoms with Crippen LogP contribution in [0.4, 0.5) is 5.82 Å². The number of amides is 1. The lowest BCUT2D eigenvalue weighted by Crippen LogP contribution is -2.49. The van der Waals surface area contributed by atoms with E-state index < -0.39 is 0 Å². The highest BCUT2D eigenvalue weighted by atomic mass is 16.4. The minimum absolute atomic E-state index is 0.0807. The van der Waals surface area contributed by atoms with E-state index in [0.717, 1.165) is 50.5 Å². The van der Waals surface area contributed by atoms with Crippen LogP contribution in [-0.2, 0) is 0 Å². The van der Waals surface area contributed by atoms with Crippen LogP contribution in [0, 0.1) is 6.92 Å². The van der Waals surface area contributed by atoms with Crippen LogP contribution in [0.2, 0.25) is 0 Å². The predicted molar refractivity (Wildman–Crippen MR) is 92.6 cm³/mol. The monoisotopic (exact) mass is 341 g/mol. The lowest BCUT2D eigenvalue weighted by Gasteiger charge is -2.37. The molecule has 1 unspecified atom stereocenters. The highest BCUT2D eigenvalue weighted by molar-refractivity contribution is 5.92. The minimum Gasteiger partial charge on any atom is -0.435 e. The van der Waals surface area contributed by atoms with Gasteiger partial charge in [0.2, 0.25) is 5.76 Å². The number of hydrogen-bond acceptors (Lipinski definition) is 6. The number of rotatable bonds is 4. The molecule has 1 saturated carbocycles. The van der Waals surface area contributed by atoms with E-state index >= 15 is 0 Å². The Bertz CT molecular complexity index is 756. The molecule has 2 aromatic heterocycles. The quantitative estimate of drug-likeness (QED) is 0.850. The van der Waals surface area contributed by atoms with E-state index in [1.165, 1.54) is 0 Å². The van der Waals surface area contributed by atoms with Gasteiger partial charge >= 0.3 is 0 Å². The molecule has 3 heterocycles. The highest BCUT2D eigenvalue weighted by Gasteiger charge is 2.33. The van der Waals surface area contributed by atoms with E-state index in [1.807, 2.05) is 26.1 Å². The molecule has 4 rings (SSSR count). The van der Waals surface area contributed by atoms with E-state index in [0.29, 0.717) is 17.4 Å². The summed E-state index contributed by atoms with van der Waals surface area (Å²) in [4.78, 5) is 21.3. The second-order valence-electron chi connectivity index (χ2n) is 6.98. The van der Waals surface area contributed by atoms with Gasteiger partial charge in [-0.2, -0.15) is 5.10 Å². The molecule has 25 heavy (non-hydrogen) atoms. The highest BCUT2D eigenvalue weighted by Crippen LogP contribution is 2.40. The van der Waals surface area contributed by atoms with Gasteiger partial charge in [0.1, 0.15) is 0 Å². The van der Waals surface area contributed by atoms with Gasteiger partial charge in [-0.25, -0.2) is 4.98 Å². The van der Waals surface area contributed by atoms with Gasteiger partial charge in [-0.05, 0) is 44.7 Å². The van der Waals surface area contributed by atoms with Crippen LogP contribution < -0.4 is 4.90 Å². The van der Waals surface area contributed by atoms with Gasteiger partial charge in [-0.1, -0.05) is 0 Å². The van der Waals surface area contributed by atoms with Crippen molar-refractivity contribution in [3.05, 3.63) is 35.7 Å². The second kappa shape index (κ2) is 6.46. The number of carbonyl (C=O) groups excluding carboxylic acids is 1. The molecular formula is C18H23N5O2. The van der Waals surface area contributed by atoms with E-state index in [-0.39, 0.29) is 11.9 Å². The Morgan fingerprint density at radius 2 is 2.20 bits per heavy atom. The van der Waals surface area contributed by atoms with Crippen molar-refractivity contribution in [3.63, 3.8) is 0 Å². The van der Waals surface area contributed by atoms with Gasteiger partial charge in [0, 0.05) is 38.3 Å². The summed E-state index contributed by atoms with van der Waals surface area (Å²) < 4.78 is 5.79. The molecule has 1 aliphatic heterocycles. The molecule has 0 aromatic carbocycles. The molecule has 2 aromatic rings. The lowest BCUT2D eigenvalue weighted by molar-refractivity contribution is 0.0682. The molecule has 0 N–H and O–H groups in total. The maximum absolute atomic E-state index is 12.9. The molecule has 1 aliphatic carbocycles.